The highest BCUT2D eigenvalue weighted by Gasteiger charge is 2.23. The van der Waals surface area contributed by atoms with Crippen molar-refractivity contribution in [2.75, 3.05) is 6.54 Å². The van der Waals surface area contributed by atoms with E-state index in [1.54, 1.807) is 0 Å². The fourth-order valence-electron chi connectivity index (χ4n) is 2.53. The molecule has 0 saturated carbocycles. The number of carbonyl (C=O) groups is 1. The van der Waals surface area contributed by atoms with Crippen LogP contribution in [-0.2, 0) is 19.3 Å². The van der Waals surface area contributed by atoms with Crippen LogP contribution in [0.2, 0.25) is 0 Å². The summed E-state index contributed by atoms with van der Waals surface area (Å²) in [5.41, 5.74) is 1.05. The van der Waals surface area contributed by atoms with Gasteiger partial charge in [0.2, 0.25) is 0 Å². The third-order valence-corrected chi connectivity index (χ3v) is 3.59. The van der Waals surface area contributed by atoms with E-state index in [-0.39, 0.29) is 11.6 Å². The second kappa shape index (κ2) is 5.94. The fraction of sp³-hybridized carbons (Fsp3) is 0.538. The molecule has 2 aromatic rings. The van der Waals surface area contributed by atoms with Crippen LogP contribution in [0.1, 0.15) is 46.9 Å². The van der Waals surface area contributed by atoms with Gasteiger partial charge in [0.25, 0.3) is 5.91 Å². The van der Waals surface area contributed by atoms with Gasteiger partial charge in [-0.15, -0.1) is 0 Å². The van der Waals surface area contributed by atoms with Crippen LogP contribution in [0.4, 0.5) is 0 Å². The molecular weight excluding hydrogens is 274 g/mol. The van der Waals surface area contributed by atoms with E-state index in [9.17, 15) is 9.59 Å². The molecule has 0 saturated heterocycles. The molecule has 8 heteroatoms. The number of nitrogens with zero attached hydrogens (tertiary/aromatic N) is 2. The summed E-state index contributed by atoms with van der Waals surface area (Å²) in [7, 11) is 0. The molecular formula is C13H17N5O3. The highest BCUT2D eigenvalue weighted by atomic mass is 16.5. The van der Waals surface area contributed by atoms with Crippen molar-refractivity contribution in [1.29, 1.82) is 0 Å². The minimum absolute atomic E-state index is 0.197. The molecule has 1 amide bonds. The molecule has 1 aliphatic rings. The Bertz CT molecular complexity index is 684. The van der Waals surface area contributed by atoms with Gasteiger partial charge in [-0.1, -0.05) is 5.16 Å². The minimum Gasteiger partial charge on any atom is -0.360 e. The van der Waals surface area contributed by atoms with E-state index in [1.807, 2.05) is 0 Å². The number of aromatic amines is 2. The lowest BCUT2D eigenvalue weighted by atomic mass is 9.96. The SMILES string of the molecule is O=C(NCCCc1n[nH]c(=O)[nH]1)c1noc2c1CCCC2. The molecule has 0 aromatic carbocycles. The van der Waals surface area contributed by atoms with Crippen LogP contribution < -0.4 is 11.0 Å². The molecule has 0 spiro atoms. The molecule has 3 rings (SSSR count). The van der Waals surface area contributed by atoms with Crippen molar-refractivity contribution >= 4 is 5.91 Å². The summed E-state index contributed by atoms with van der Waals surface area (Å²) in [4.78, 5) is 25.5. The van der Waals surface area contributed by atoms with Crippen molar-refractivity contribution < 1.29 is 9.32 Å². The van der Waals surface area contributed by atoms with Gasteiger partial charge in [-0.3, -0.25) is 9.78 Å². The first-order valence-corrected chi connectivity index (χ1v) is 7.13. The number of rotatable bonds is 5. The number of nitrogens with one attached hydrogen (secondary N) is 3. The summed E-state index contributed by atoms with van der Waals surface area (Å²) >= 11 is 0. The largest absolute Gasteiger partial charge is 0.360 e. The second-order valence-corrected chi connectivity index (χ2v) is 5.12. The number of fused-ring (bicyclic) bond motifs is 1. The van der Waals surface area contributed by atoms with E-state index in [0.29, 0.717) is 30.9 Å². The number of carbonyl (C=O) groups excluding carboxylic acids is 1. The molecule has 2 aromatic heterocycles. The highest BCUT2D eigenvalue weighted by molar-refractivity contribution is 5.93. The molecule has 0 aliphatic heterocycles. The van der Waals surface area contributed by atoms with Gasteiger partial charge in [0.05, 0.1) is 0 Å². The summed E-state index contributed by atoms with van der Waals surface area (Å²) in [5.74, 6) is 1.24. The Kier molecular flexibility index (Phi) is 3.85. The number of aromatic nitrogens is 4. The maximum atomic E-state index is 12.1. The third-order valence-electron chi connectivity index (χ3n) is 3.59. The number of hydrogen-bond donors (Lipinski definition) is 3. The Hall–Kier alpha value is -2.38. The van der Waals surface area contributed by atoms with Gasteiger partial charge in [0.15, 0.2) is 5.69 Å². The van der Waals surface area contributed by atoms with Crippen molar-refractivity contribution in [3.63, 3.8) is 0 Å². The van der Waals surface area contributed by atoms with E-state index in [4.69, 9.17) is 4.52 Å². The Morgan fingerprint density at radius 2 is 2.19 bits per heavy atom. The minimum atomic E-state index is -0.316. The zero-order valence-corrected chi connectivity index (χ0v) is 11.6. The van der Waals surface area contributed by atoms with Crippen LogP contribution in [0, 0.1) is 0 Å². The lowest BCUT2D eigenvalue weighted by Gasteiger charge is -2.09. The van der Waals surface area contributed by atoms with Crippen molar-refractivity contribution in [2.45, 2.75) is 38.5 Å². The normalized spacial score (nSPS) is 13.9. The average Bonchev–Trinajstić information content (AvgIpc) is 3.09. The lowest BCUT2D eigenvalue weighted by molar-refractivity contribution is 0.0943. The second-order valence-electron chi connectivity index (χ2n) is 5.12. The maximum Gasteiger partial charge on any atom is 0.340 e. The van der Waals surface area contributed by atoms with Gasteiger partial charge in [0, 0.05) is 24.9 Å². The molecule has 0 fully saturated rings. The molecule has 21 heavy (non-hydrogen) atoms. The Balaban J connectivity index is 1.50. The predicted octanol–water partition coefficient (Wildman–Crippen LogP) is 0.327. The van der Waals surface area contributed by atoms with E-state index in [0.717, 1.165) is 37.0 Å². The van der Waals surface area contributed by atoms with Gasteiger partial charge in [-0.05, 0) is 25.7 Å². The average molecular weight is 291 g/mol. The van der Waals surface area contributed by atoms with Crippen LogP contribution in [-0.4, -0.2) is 32.8 Å². The topological polar surface area (TPSA) is 117 Å². The first-order valence-electron chi connectivity index (χ1n) is 7.13. The molecule has 3 N–H and O–H groups in total. The fourth-order valence-corrected chi connectivity index (χ4v) is 2.53. The molecule has 2 heterocycles. The first-order chi connectivity index (χ1) is 10.2. The van der Waals surface area contributed by atoms with Crippen LogP contribution >= 0.6 is 0 Å². The molecule has 112 valence electrons. The molecule has 0 radical (unpaired) electrons. The highest BCUT2D eigenvalue weighted by Crippen LogP contribution is 2.23. The number of H-pyrrole nitrogens is 2. The maximum absolute atomic E-state index is 12.1. The van der Waals surface area contributed by atoms with Crippen molar-refractivity contribution in [1.82, 2.24) is 25.7 Å². The molecule has 8 nitrogen and oxygen atoms in total. The number of hydrogen-bond acceptors (Lipinski definition) is 5. The Morgan fingerprint density at radius 3 is 3.00 bits per heavy atom. The van der Waals surface area contributed by atoms with Crippen LogP contribution in [0.5, 0.6) is 0 Å². The summed E-state index contributed by atoms with van der Waals surface area (Å²) in [5, 5.41) is 12.8. The van der Waals surface area contributed by atoms with Crippen LogP contribution in [0.25, 0.3) is 0 Å². The van der Waals surface area contributed by atoms with E-state index in [1.165, 1.54) is 0 Å². The summed E-state index contributed by atoms with van der Waals surface area (Å²) in [6.45, 7) is 0.495. The van der Waals surface area contributed by atoms with Crippen LogP contribution in [0.15, 0.2) is 9.32 Å². The van der Waals surface area contributed by atoms with E-state index in [2.05, 4.69) is 25.7 Å². The zero-order valence-electron chi connectivity index (χ0n) is 11.6. The summed E-state index contributed by atoms with van der Waals surface area (Å²) in [6.07, 6.45) is 5.16. The summed E-state index contributed by atoms with van der Waals surface area (Å²) < 4.78 is 5.22. The standard InChI is InChI=1S/C13H17N5O3/c19-12(11-8-4-1-2-5-9(8)21-18-11)14-7-3-6-10-15-13(20)17-16-10/h1-7H2,(H,14,19)(H2,15,16,17,20). The first kappa shape index (κ1) is 13.6. The monoisotopic (exact) mass is 291 g/mol. The van der Waals surface area contributed by atoms with Crippen molar-refractivity contribution in [3.8, 4) is 0 Å². The molecule has 0 unspecified atom stereocenters. The van der Waals surface area contributed by atoms with Gasteiger partial charge < -0.3 is 9.84 Å². The predicted molar refractivity (Wildman–Crippen MR) is 73.0 cm³/mol. The zero-order chi connectivity index (χ0) is 14.7. The van der Waals surface area contributed by atoms with Crippen LogP contribution in [0.3, 0.4) is 0 Å². The molecule has 0 bridgehead atoms. The third kappa shape index (κ3) is 3.04. The molecule has 0 atom stereocenters. The van der Waals surface area contributed by atoms with E-state index >= 15 is 0 Å². The van der Waals surface area contributed by atoms with Crippen molar-refractivity contribution in [3.05, 3.63) is 33.3 Å². The number of amides is 1. The number of aryl methyl sites for hydroxylation is 2. The molecule has 1 aliphatic carbocycles. The van der Waals surface area contributed by atoms with E-state index < -0.39 is 0 Å². The lowest BCUT2D eigenvalue weighted by Crippen LogP contribution is -2.26. The van der Waals surface area contributed by atoms with Gasteiger partial charge in [-0.25, -0.2) is 9.89 Å². The van der Waals surface area contributed by atoms with Crippen molar-refractivity contribution in [2.24, 2.45) is 0 Å². The quantitative estimate of drug-likeness (QED) is 0.686. The van der Waals surface area contributed by atoms with Gasteiger partial charge in [0.1, 0.15) is 11.6 Å². The van der Waals surface area contributed by atoms with Gasteiger partial charge >= 0.3 is 5.69 Å². The Morgan fingerprint density at radius 1 is 1.33 bits per heavy atom. The smallest absolute Gasteiger partial charge is 0.340 e. The van der Waals surface area contributed by atoms with Gasteiger partial charge in [-0.2, -0.15) is 5.10 Å². The summed E-state index contributed by atoms with van der Waals surface area (Å²) in [6, 6.07) is 0. The Labute approximate surface area is 120 Å².